The Labute approximate surface area is 97.4 Å². The van der Waals surface area contributed by atoms with E-state index in [0.717, 1.165) is 15.8 Å². The maximum absolute atomic E-state index is 11.1. The van der Waals surface area contributed by atoms with E-state index in [1.54, 1.807) is 24.3 Å². The molecule has 0 aliphatic rings. The lowest BCUT2D eigenvalue weighted by molar-refractivity contribution is -0.137. The smallest absolute Gasteiger partial charge is 0.330 e. The summed E-state index contributed by atoms with van der Waals surface area (Å²) in [5, 5.41) is 0. The molecule has 0 spiro atoms. The second-order valence-corrected chi connectivity index (χ2v) is 4.05. The lowest BCUT2D eigenvalue weighted by Crippen LogP contribution is -1.98. The van der Waals surface area contributed by atoms with E-state index in [-0.39, 0.29) is 5.97 Å². The summed E-state index contributed by atoms with van der Waals surface area (Å²) >= 11 is 1.58. The van der Waals surface area contributed by atoms with Crippen LogP contribution in [0, 0.1) is 0 Å². The van der Waals surface area contributed by atoms with E-state index in [9.17, 15) is 4.79 Å². The molecule has 82 valence electrons. The summed E-state index contributed by atoms with van der Waals surface area (Å²) in [6.45, 7) is 2.19. The van der Waals surface area contributed by atoms with Gasteiger partial charge in [-0.15, -0.1) is 11.3 Å². The van der Waals surface area contributed by atoms with Crippen molar-refractivity contribution >= 4 is 33.6 Å². The third-order valence-corrected chi connectivity index (χ3v) is 2.85. The Morgan fingerprint density at radius 2 is 2.44 bits per heavy atom. The fraction of sp³-hybridized carbons (Fsp3) is 0.167. The van der Waals surface area contributed by atoms with Gasteiger partial charge in [0.1, 0.15) is 0 Å². The van der Waals surface area contributed by atoms with Crippen molar-refractivity contribution < 1.29 is 9.53 Å². The zero-order valence-electron chi connectivity index (χ0n) is 8.84. The Kier molecular flexibility index (Phi) is 3.31. The molecule has 0 N–H and O–H groups in total. The molecular weight excluding hydrogens is 222 g/mol. The molecule has 2 aromatic rings. The van der Waals surface area contributed by atoms with Gasteiger partial charge in [0.25, 0.3) is 0 Å². The van der Waals surface area contributed by atoms with Crippen molar-refractivity contribution in [3.8, 4) is 0 Å². The van der Waals surface area contributed by atoms with Crippen molar-refractivity contribution in [2.45, 2.75) is 6.92 Å². The quantitative estimate of drug-likeness (QED) is 0.604. The van der Waals surface area contributed by atoms with Crippen LogP contribution in [0.2, 0.25) is 0 Å². The predicted molar refractivity (Wildman–Crippen MR) is 65.3 cm³/mol. The van der Waals surface area contributed by atoms with Crippen LogP contribution in [0.25, 0.3) is 16.3 Å². The molecule has 0 amide bonds. The van der Waals surface area contributed by atoms with Crippen molar-refractivity contribution in [2.24, 2.45) is 0 Å². The molecule has 3 nitrogen and oxygen atoms in total. The molecular formula is C12H11NO2S. The van der Waals surface area contributed by atoms with Gasteiger partial charge in [0.15, 0.2) is 0 Å². The third-order valence-electron chi connectivity index (χ3n) is 2.05. The average molecular weight is 233 g/mol. The average Bonchev–Trinajstić information content (AvgIpc) is 2.74. The van der Waals surface area contributed by atoms with Crippen LogP contribution < -0.4 is 0 Å². The first-order valence-corrected chi connectivity index (χ1v) is 5.85. The minimum absolute atomic E-state index is 0.313. The van der Waals surface area contributed by atoms with Crippen molar-refractivity contribution in [3.05, 3.63) is 35.3 Å². The highest BCUT2D eigenvalue weighted by Crippen LogP contribution is 2.19. The number of carbonyl (C=O) groups is 1. The summed E-state index contributed by atoms with van der Waals surface area (Å²) in [6.07, 6.45) is 3.18. The molecule has 0 aliphatic carbocycles. The first kappa shape index (κ1) is 10.8. The molecule has 2 rings (SSSR count). The zero-order chi connectivity index (χ0) is 11.4. The van der Waals surface area contributed by atoms with Gasteiger partial charge in [-0.1, -0.05) is 6.07 Å². The van der Waals surface area contributed by atoms with Crippen LogP contribution in [0.1, 0.15) is 12.5 Å². The highest BCUT2D eigenvalue weighted by molar-refractivity contribution is 7.16. The molecule has 0 radical (unpaired) electrons. The zero-order valence-corrected chi connectivity index (χ0v) is 9.66. The Hall–Kier alpha value is -1.68. The van der Waals surface area contributed by atoms with Crippen LogP contribution >= 0.6 is 11.3 Å². The molecule has 4 heteroatoms. The summed E-state index contributed by atoms with van der Waals surface area (Å²) in [5.74, 6) is -0.313. The summed E-state index contributed by atoms with van der Waals surface area (Å²) in [6, 6.07) is 5.87. The number of fused-ring (bicyclic) bond motifs is 1. The van der Waals surface area contributed by atoms with Crippen molar-refractivity contribution in [1.29, 1.82) is 0 Å². The second-order valence-electron chi connectivity index (χ2n) is 3.16. The van der Waals surface area contributed by atoms with Gasteiger partial charge in [0.05, 0.1) is 22.3 Å². The normalized spacial score (nSPS) is 11.1. The van der Waals surface area contributed by atoms with E-state index in [4.69, 9.17) is 4.74 Å². The first-order chi connectivity index (χ1) is 7.79. The SMILES string of the molecule is CCOC(=O)C=Cc1ccc2ncsc2c1. The van der Waals surface area contributed by atoms with E-state index >= 15 is 0 Å². The molecule has 0 fully saturated rings. The Bertz CT molecular complexity index is 531. The second kappa shape index (κ2) is 4.90. The number of nitrogens with zero attached hydrogens (tertiary/aromatic N) is 1. The minimum atomic E-state index is -0.313. The number of hydrogen-bond acceptors (Lipinski definition) is 4. The summed E-state index contributed by atoms with van der Waals surface area (Å²) in [7, 11) is 0. The summed E-state index contributed by atoms with van der Waals surface area (Å²) in [5.41, 5.74) is 3.77. The standard InChI is InChI=1S/C12H11NO2S/c1-2-15-12(14)6-4-9-3-5-10-11(7-9)16-8-13-10/h3-8H,2H2,1H3. The first-order valence-electron chi connectivity index (χ1n) is 4.97. The molecule has 16 heavy (non-hydrogen) atoms. The van der Waals surface area contributed by atoms with E-state index in [1.165, 1.54) is 6.08 Å². The highest BCUT2D eigenvalue weighted by Gasteiger charge is 1.97. The van der Waals surface area contributed by atoms with Gasteiger partial charge in [-0.2, -0.15) is 0 Å². The molecule has 0 bridgehead atoms. The largest absolute Gasteiger partial charge is 0.463 e. The van der Waals surface area contributed by atoms with Crippen LogP contribution in [0.3, 0.4) is 0 Å². The maximum Gasteiger partial charge on any atom is 0.330 e. The van der Waals surface area contributed by atoms with Crippen molar-refractivity contribution in [2.75, 3.05) is 6.61 Å². The number of benzene rings is 1. The van der Waals surface area contributed by atoms with Gasteiger partial charge in [-0.3, -0.25) is 0 Å². The number of carbonyl (C=O) groups excluding carboxylic acids is 1. The van der Waals surface area contributed by atoms with Crippen LogP contribution in [0.5, 0.6) is 0 Å². The molecule has 1 aromatic carbocycles. The Balaban J connectivity index is 2.17. The van der Waals surface area contributed by atoms with E-state index < -0.39 is 0 Å². The predicted octanol–water partition coefficient (Wildman–Crippen LogP) is 2.87. The lowest BCUT2D eigenvalue weighted by Gasteiger charge is -1.95. The Morgan fingerprint density at radius 1 is 1.56 bits per heavy atom. The molecule has 0 aliphatic heterocycles. The molecule has 0 atom stereocenters. The highest BCUT2D eigenvalue weighted by atomic mass is 32.1. The summed E-state index contributed by atoms with van der Waals surface area (Å²) < 4.78 is 5.92. The van der Waals surface area contributed by atoms with Gasteiger partial charge < -0.3 is 4.74 Å². The fourth-order valence-electron chi connectivity index (χ4n) is 1.33. The summed E-state index contributed by atoms with van der Waals surface area (Å²) in [4.78, 5) is 15.3. The number of aromatic nitrogens is 1. The molecule has 0 unspecified atom stereocenters. The third kappa shape index (κ3) is 2.46. The van der Waals surface area contributed by atoms with Gasteiger partial charge >= 0.3 is 5.97 Å². The molecule has 0 saturated heterocycles. The van der Waals surface area contributed by atoms with Crippen LogP contribution in [-0.2, 0) is 9.53 Å². The van der Waals surface area contributed by atoms with E-state index in [0.29, 0.717) is 6.61 Å². The van der Waals surface area contributed by atoms with Crippen LogP contribution in [0.4, 0.5) is 0 Å². The van der Waals surface area contributed by atoms with Gasteiger partial charge in [0.2, 0.25) is 0 Å². The number of thiazole rings is 1. The van der Waals surface area contributed by atoms with Crippen LogP contribution in [0.15, 0.2) is 29.8 Å². The number of esters is 1. The van der Waals surface area contributed by atoms with E-state index in [1.807, 2.05) is 23.7 Å². The topological polar surface area (TPSA) is 39.2 Å². The minimum Gasteiger partial charge on any atom is -0.463 e. The van der Waals surface area contributed by atoms with Crippen LogP contribution in [-0.4, -0.2) is 17.6 Å². The van der Waals surface area contributed by atoms with Crippen molar-refractivity contribution in [1.82, 2.24) is 4.98 Å². The molecule has 1 heterocycles. The van der Waals surface area contributed by atoms with Gasteiger partial charge in [0, 0.05) is 6.08 Å². The lowest BCUT2D eigenvalue weighted by atomic mass is 10.2. The van der Waals surface area contributed by atoms with Gasteiger partial charge in [-0.25, -0.2) is 9.78 Å². The maximum atomic E-state index is 11.1. The van der Waals surface area contributed by atoms with Gasteiger partial charge in [-0.05, 0) is 30.7 Å². The molecule has 0 saturated carbocycles. The number of rotatable bonds is 3. The monoisotopic (exact) mass is 233 g/mol. The van der Waals surface area contributed by atoms with E-state index in [2.05, 4.69) is 4.98 Å². The Morgan fingerprint density at radius 3 is 3.25 bits per heavy atom. The number of ether oxygens (including phenoxy) is 1. The fourth-order valence-corrected chi connectivity index (χ4v) is 2.06. The molecule has 1 aromatic heterocycles. The number of hydrogen-bond donors (Lipinski definition) is 0. The van der Waals surface area contributed by atoms with Crippen molar-refractivity contribution in [3.63, 3.8) is 0 Å².